The lowest BCUT2D eigenvalue weighted by Crippen LogP contribution is -2.23. The average Bonchev–Trinajstić information content (AvgIpc) is 2.52. The van der Waals surface area contributed by atoms with E-state index in [2.05, 4.69) is 0 Å². The van der Waals surface area contributed by atoms with Gasteiger partial charge in [0.05, 0.1) is 11.1 Å². The second-order valence-electron chi connectivity index (χ2n) is 6.47. The zero-order valence-corrected chi connectivity index (χ0v) is 13.7. The molecule has 2 aromatic carbocycles. The van der Waals surface area contributed by atoms with Gasteiger partial charge in [0.1, 0.15) is 0 Å². The molecule has 0 aliphatic rings. The van der Waals surface area contributed by atoms with Crippen LogP contribution >= 0.6 is 0 Å². The van der Waals surface area contributed by atoms with Gasteiger partial charge in [0.25, 0.3) is 0 Å². The van der Waals surface area contributed by atoms with Crippen LogP contribution in [0, 0.1) is 0 Å². The molecule has 5 nitrogen and oxygen atoms in total. The summed E-state index contributed by atoms with van der Waals surface area (Å²) < 4.78 is 0. The normalized spacial score (nSPS) is 11.1. The number of carboxylic acid groups (broad SMARTS) is 2. The van der Waals surface area contributed by atoms with Gasteiger partial charge in [0.15, 0.2) is 5.78 Å². The summed E-state index contributed by atoms with van der Waals surface area (Å²) >= 11 is 0. The van der Waals surface area contributed by atoms with Gasteiger partial charge in [-0.2, -0.15) is 0 Å². The highest BCUT2D eigenvalue weighted by molar-refractivity contribution is 6.17. The Morgan fingerprint density at radius 1 is 0.792 bits per heavy atom. The van der Waals surface area contributed by atoms with Crippen LogP contribution in [0.2, 0.25) is 0 Å². The van der Waals surface area contributed by atoms with Crippen molar-refractivity contribution in [3.05, 3.63) is 70.3 Å². The fourth-order valence-corrected chi connectivity index (χ4v) is 2.61. The molecule has 0 aromatic heterocycles. The summed E-state index contributed by atoms with van der Waals surface area (Å²) in [5, 5.41) is 19.1. The molecule has 0 aliphatic carbocycles. The summed E-state index contributed by atoms with van der Waals surface area (Å²) in [7, 11) is 0. The number of ketones is 1. The molecule has 0 heterocycles. The van der Waals surface area contributed by atoms with Crippen molar-refractivity contribution in [1.29, 1.82) is 0 Å². The second-order valence-corrected chi connectivity index (χ2v) is 6.47. The maximum absolute atomic E-state index is 12.7. The van der Waals surface area contributed by atoms with Gasteiger partial charge in [-0.25, -0.2) is 9.59 Å². The Hall–Kier alpha value is -2.95. The maximum atomic E-state index is 12.7. The number of carbonyl (C=O) groups excluding carboxylic acids is 1. The molecule has 0 saturated carbocycles. The number of carbonyl (C=O) groups is 3. The minimum Gasteiger partial charge on any atom is -0.478 e. The van der Waals surface area contributed by atoms with E-state index in [1.165, 1.54) is 12.1 Å². The lowest BCUT2D eigenvalue weighted by atomic mass is 9.80. The van der Waals surface area contributed by atoms with Crippen LogP contribution in [-0.4, -0.2) is 27.9 Å². The van der Waals surface area contributed by atoms with E-state index >= 15 is 0 Å². The quantitative estimate of drug-likeness (QED) is 0.837. The largest absolute Gasteiger partial charge is 0.478 e. The molecule has 2 N–H and O–H groups in total. The van der Waals surface area contributed by atoms with E-state index in [1.54, 1.807) is 51.1 Å². The zero-order chi connectivity index (χ0) is 18.1. The van der Waals surface area contributed by atoms with Crippen molar-refractivity contribution in [3.8, 4) is 0 Å². The zero-order valence-electron chi connectivity index (χ0n) is 13.7. The SMILES string of the molecule is CC(C)(C)c1ccc(C(=O)c2ccccc2)c(C(=O)O)c1C(=O)O. The van der Waals surface area contributed by atoms with Crippen molar-refractivity contribution < 1.29 is 24.6 Å². The smallest absolute Gasteiger partial charge is 0.337 e. The molecule has 124 valence electrons. The number of rotatable bonds is 4. The highest BCUT2D eigenvalue weighted by Crippen LogP contribution is 2.31. The van der Waals surface area contributed by atoms with E-state index in [-0.39, 0.29) is 11.1 Å². The topological polar surface area (TPSA) is 91.7 Å². The van der Waals surface area contributed by atoms with Gasteiger partial charge in [-0.3, -0.25) is 4.79 Å². The van der Waals surface area contributed by atoms with Gasteiger partial charge >= 0.3 is 11.9 Å². The monoisotopic (exact) mass is 326 g/mol. The van der Waals surface area contributed by atoms with Crippen LogP contribution in [0.15, 0.2) is 42.5 Å². The molecule has 0 unspecified atom stereocenters. The third-order valence-electron chi connectivity index (χ3n) is 3.72. The van der Waals surface area contributed by atoms with Crippen LogP contribution in [-0.2, 0) is 5.41 Å². The van der Waals surface area contributed by atoms with Crippen molar-refractivity contribution in [1.82, 2.24) is 0 Å². The Morgan fingerprint density at radius 2 is 1.33 bits per heavy atom. The summed E-state index contributed by atoms with van der Waals surface area (Å²) in [5.41, 5.74) is -0.830. The lowest BCUT2D eigenvalue weighted by molar-refractivity contribution is 0.0647. The number of hydrogen-bond acceptors (Lipinski definition) is 3. The number of benzene rings is 2. The van der Waals surface area contributed by atoms with Crippen molar-refractivity contribution >= 4 is 17.7 Å². The molecule has 0 aliphatic heterocycles. The van der Waals surface area contributed by atoms with E-state index in [9.17, 15) is 24.6 Å². The summed E-state index contributed by atoms with van der Waals surface area (Å²) in [5.74, 6) is -3.31. The first-order valence-electron chi connectivity index (χ1n) is 7.38. The molecule has 0 radical (unpaired) electrons. The minimum atomic E-state index is -1.43. The first-order valence-corrected chi connectivity index (χ1v) is 7.38. The fraction of sp³-hybridized carbons (Fsp3) is 0.211. The summed E-state index contributed by atoms with van der Waals surface area (Å²) in [6, 6.07) is 11.1. The summed E-state index contributed by atoms with van der Waals surface area (Å²) in [4.78, 5) is 36.1. The number of aromatic carboxylic acids is 2. The number of hydrogen-bond donors (Lipinski definition) is 2. The molecule has 0 saturated heterocycles. The van der Waals surface area contributed by atoms with Crippen molar-refractivity contribution in [2.24, 2.45) is 0 Å². The van der Waals surface area contributed by atoms with Crippen LogP contribution < -0.4 is 0 Å². The van der Waals surface area contributed by atoms with Gasteiger partial charge in [-0.15, -0.1) is 0 Å². The predicted octanol–water partition coefficient (Wildman–Crippen LogP) is 3.61. The van der Waals surface area contributed by atoms with Gasteiger partial charge in [-0.05, 0) is 17.0 Å². The Morgan fingerprint density at radius 3 is 1.79 bits per heavy atom. The molecule has 0 spiro atoms. The maximum Gasteiger partial charge on any atom is 0.337 e. The van der Waals surface area contributed by atoms with Crippen molar-refractivity contribution in [2.45, 2.75) is 26.2 Å². The van der Waals surface area contributed by atoms with E-state index in [0.29, 0.717) is 11.1 Å². The molecule has 0 bridgehead atoms. The van der Waals surface area contributed by atoms with Crippen molar-refractivity contribution in [2.75, 3.05) is 0 Å². The highest BCUT2D eigenvalue weighted by atomic mass is 16.4. The van der Waals surface area contributed by atoms with E-state index in [0.717, 1.165) is 0 Å². The van der Waals surface area contributed by atoms with Crippen LogP contribution in [0.3, 0.4) is 0 Å². The van der Waals surface area contributed by atoms with Gasteiger partial charge in [0.2, 0.25) is 0 Å². The predicted molar refractivity (Wildman–Crippen MR) is 88.9 cm³/mol. The Kier molecular flexibility index (Phi) is 4.55. The average molecular weight is 326 g/mol. The molecular formula is C19H18O5. The van der Waals surface area contributed by atoms with Crippen LogP contribution in [0.1, 0.15) is 63.0 Å². The minimum absolute atomic E-state index is 0.126. The fourth-order valence-electron chi connectivity index (χ4n) is 2.61. The Balaban J connectivity index is 2.80. The number of carboxylic acids is 2. The molecule has 5 heteroatoms. The molecule has 2 aromatic rings. The molecule has 24 heavy (non-hydrogen) atoms. The molecule has 0 fully saturated rings. The third kappa shape index (κ3) is 3.20. The third-order valence-corrected chi connectivity index (χ3v) is 3.72. The Bertz CT molecular complexity index is 814. The Labute approximate surface area is 139 Å². The van der Waals surface area contributed by atoms with Gasteiger partial charge in [0, 0.05) is 11.1 Å². The first-order chi connectivity index (χ1) is 11.1. The van der Waals surface area contributed by atoms with E-state index in [1.807, 2.05) is 0 Å². The molecule has 0 amide bonds. The second kappa shape index (κ2) is 6.28. The summed E-state index contributed by atoms with van der Waals surface area (Å²) in [6.07, 6.45) is 0. The van der Waals surface area contributed by atoms with Gasteiger partial charge < -0.3 is 10.2 Å². The lowest BCUT2D eigenvalue weighted by Gasteiger charge is -2.23. The molecule has 2 rings (SSSR count). The highest BCUT2D eigenvalue weighted by Gasteiger charge is 2.31. The summed E-state index contributed by atoms with van der Waals surface area (Å²) in [6.45, 7) is 5.37. The van der Waals surface area contributed by atoms with E-state index in [4.69, 9.17) is 0 Å². The van der Waals surface area contributed by atoms with Crippen molar-refractivity contribution in [3.63, 3.8) is 0 Å². The van der Waals surface area contributed by atoms with Crippen LogP contribution in [0.25, 0.3) is 0 Å². The van der Waals surface area contributed by atoms with Crippen LogP contribution in [0.4, 0.5) is 0 Å². The molecule has 0 atom stereocenters. The van der Waals surface area contributed by atoms with E-state index < -0.39 is 28.7 Å². The van der Waals surface area contributed by atoms with Gasteiger partial charge in [-0.1, -0.05) is 57.2 Å². The van der Waals surface area contributed by atoms with Crippen LogP contribution in [0.5, 0.6) is 0 Å². The molecular weight excluding hydrogens is 308 g/mol. The standard InChI is InChI=1S/C19H18O5/c1-19(2,3)13-10-9-12(14(17(21)22)15(13)18(23)24)16(20)11-7-5-4-6-8-11/h4-10H,1-3H3,(H,21,22)(H,23,24). The first kappa shape index (κ1) is 17.4.